The van der Waals surface area contributed by atoms with Crippen molar-refractivity contribution in [3.05, 3.63) is 35.9 Å². The first kappa shape index (κ1) is 12.5. The molecule has 1 aliphatic carbocycles. The van der Waals surface area contributed by atoms with E-state index in [1.807, 2.05) is 31.7 Å². The molecule has 0 unspecified atom stereocenters. The number of amides is 1. The van der Waals surface area contributed by atoms with Crippen molar-refractivity contribution in [3.63, 3.8) is 0 Å². The highest BCUT2D eigenvalue weighted by molar-refractivity contribution is 5.70. The summed E-state index contributed by atoms with van der Waals surface area (Å²) in [7, 11) is 0. The lowest BCUT2D eigenvalue weighted by Gasteiger charge is -2.26. The Morgan fingerprint density at radius 3 is 2.58 bits per heavy atom. The molecule has 2 fully saturated rings. The summed E-state index contributed by atoms with van der Waals surface area (Å²) in [6.07, 6.45) is 0.946. The van der Waals surface area contributed by atoms with Crippen LogP contribution in [0.15, 0.2) is 30.3 Å². The monoisotopic (exact) mass is 259 g/mol. The molecule has 3 rings (SSSR count). The van der Waals surface area contributed by atoms with Crippen LogP contribution in [0.2, 0.25) is 0 Å². The number of ether oxygens (including phenoxy) is 1. The molecule has 0 radical (unpaired) electrons. The minimum Gasteiger partial charge on any atom is -0.444 e. The van der Waals surface area contributed by atoms with Gasteiger partial charge in [0.15, 0.2) is 0 Å². The molecule has 1 saturated heterocycles. The van der Waals surface area contributed by atoms with E-state index in [1.165, 1.54) is 5.56 Å². The molecule has 0 bridgehead atoms. The van der Waals surface area contributed by atoms with E-state index in [2.05, 4.69) is 24.3 Å². The van der Waals surface area contributed by atoms with Crippen molar-refractivity contribution < 1.29 is 9.53 Å². The zero-order valence-electron chi connectivity index (χ0n) is 11.8. The molecule has 3 heteroatoms. The molecule has 3 nitrogen and oxygen atoms in total. The smallest absolute Gasteiger partial charge is 0.410 e. The van der Waals surface area contributed by atoms with Gasteiger partial charge in [0.2, 0.25) is 0 Å². The summed E-state index contributed by atoms with van der Waals surface area (Å²) < 4.78 is 5.49. The quantitative estimate of drug-likeness (QED) is 0.773. The Hall–Kier alpha value is -1.51. The van der Waals surface area contributed by atoms with Crippen LogP contribution in [0.1, 0.15) is 38.7 Å². The number of carbonyl (C=O) groups is 1. The maximum atomic E-state index is 12.2. The zero-order valence-corrected chi connectivity index (χ0v) is 11.8. The van der Waals surface area contributed by atoms with E-state index in [4.69, 9.17) is 4.74 Å². The molecule has 102 valence electrons. The fourth-order valence-electron chi connectivity index (χ4n) is 3.22. The average Bonchev–Trinajstić information content (AvgIpc) is 2.88. The van der Waals surface area contributed by atoms with Crippen molar-refractivity contribution in [2.75, 3.05) is 6.54 Å². The Morgan fingerprint density at radius 1 is 1.26 bits per heavy atom. The van der Waals surface area contributed by atoms with E-state index in [-0.39, 0.29) is 6.09 Å². The van der Waals surface area contributed by atoms with Gasteiger partial charge >= 0.3 is 6.09 Å². The third-order valence-electron chi connectivity index (χ3n) is 4.00. The number of likely N-dealkylation sites (tertiary alicyclic amines) is 1. The molecule has 19 heavy (non-hydrogen) atoms. The fraction of sp³-hybridized carbons (Fsp3) is 0.562. The van der Waals surface area contributed by atoms with Crippen LogP contribution in [0, 0.1) is 5.92 Å². The maximum absolute atomic E-state index is 12.2. The number of benzene rings is 1. The number of hydrogen-bond acceptors (Lipinski definition) is 2. The van der Waals surface area contributed by atoms with Crippen LogP contribution in [-0.4, -0.2) is 29.2 Å². The van der Waals surface area contributed by atoms with Gasteiger partial charge < -0.3 is 9.64 Å². The second-order valence-electron chi connectivity index (χ2n) is 6.55. The third kappa shape index (κ3) is 2.34. The second-order valence-corrected chi connectivity index (χ2v) is 6.55. The first-order valence-corrected chi connectivity index (χ1v) is 7.02. The van der Waals surface area contributed by atoms with Crippen LogP contribution in [0.3, 0.4) is 0 Å². The van der Waals surface area contributed by atoms with Gasteiger partial charge in [-0.05, 0) is 38.7 Å². The largest absolute Gasteiger partial charge is 0.444 e. The fourth-order valence-corrected chi connectivity index (χ4v) is 3.22. The summed E-state index contributed by atoms with van der Waals surface area (Å²) >= 11 is 0. The van der Waals surface area contributed by atoms with Crippen molar-refractivity contribution in [2.45, 2.75) is 44.8 Å². The summed E-state index contributed by atoms with van der Waals surface area (Å²) in [5.74, 6) is 1.15. The van der Waals surface area contributed by atoms with Crippen LogP contribution in [0.25, 0.3) is 0 Å². The number of piperidine rings is 1. The molecule has 1 saturated carbocycles. The van der Waals surface area contributed by atoms with Gasteiger partial charge in [0, 0.05) is 18.5 Å². The zero-order chi connectivity index (χ0) is 13.6. The molecule has 1 aromatic carbocycles. The van der Waals surface area contributed by atoms with Gasteiger partial charge in [0.05, 0.1) is 0 Å². The molecular weight excluding hydrogens is 238 g/mol. The molecular formula is C16H21NO2. The summed E-state index contributed by atoms with van der Waals surface area (Å²) in [6, 6.07) is 10.9. The Kier molecular flexibility index (Phi) is 2.80. The molecule has 0 N–H and O–H groups in total. The lowest BCUT2D eigenvalue weighted by Crippen LogP contribution is -2.37. The molecule has 1 aliphatic heterocycles. The number of hydrogen-bond donors (Lipinski definition) is 0. The van der Waals surface area contributed by atoms with Gasteiger partial charge in [0.25, 0.3) is 0 Å². The molecule has 0 spiro atoms. The number of carbonyl (C=O) groups excluding carboxylic acids is 1. The van der Waals surface area contributed by atoms with Gasteiger partial charge in [-0.2, -0.15) is 0 Å². The van der Waals surface area contributed by atoms with E-state index in [1.54, 1.807) is 0 Å². The number of nitrogens with zero attached hydrogens (tertiary/aromatic N) is 1. The molecule has 1 heterocycles. The first-order valence-electron chi connectivity index (χ1n) is 7.02. The summed E-state index contributed by atoms with van der Waals surface area (Å²) in [4.78, 5) is 14.1. The van der Waals surface area contributed by atoms with Gasteiger partial charge in [-0.3, -0.25) is 0 Å². The van der Waals surface area contributed by atoms with Gasteiger partial charge in [-0.25, -0.2) is 4.79 Å². The van der Waals surface area contributed by atoms with Crippen molar-refractivity contribution in [3.8, 4) is 0 Å². The minimum absolute atomic E-state index is 0.154. The summed E-state index contributed by atoms with van der Waals surface area (Å²) in [6.45, 7) is 6.59. The summed E-state index contributed by atoms with van der Waals surface area (Å²) in [5.41, 5.74) is 0.942. The Bertz CT molecular complexity index is 477. The first-order chi connectivity index (χ1) is 8.97. The van der Waals surface area contributed by atoms with Crippen molar-refractivity contribution in [1.29, 1.82) is 0 Å². The van der Waals surface area contributed by atoms with Crippen molar-refractivity contribution >= 4 is 6.09 Å². The molecule has 1 amide bonds. The van der Waals surface area contributed by atoms with Crippen LogP contribution >= 0.6 is 0 Å². The Labute approximate surface area is 114 Å². The number of rotatable bonds is 1. The second kappa shape index (κ2) is 4.26. The summed E-state index contributed by atoms with van der Waals surface area (Å²) in [5, 5.41) is 0. The van der Waals surface area contributed by atoms with E-state index in [9.17, 15) is 4.79 Å². The predicted molar refractivity (Wildman–Crippen MR) is 74.0 cm³/mol. The molecule has 1 aromatic rings. The van der Waals surface area contributed by atoms with Gasteiger partial charge in [-0.1, -0.05) is 30.3 Å². The molecule has 0 aromatic heterocycles. The molecule has 3 atom stereocenters. The normalized spacial score (nSPS) is 29.0. The van der Waals surface area contributed by atoms with E-state index in [0.717, 1.165) is 13.0 Å². The van der Waals surface area contributed by atoms with Crippen LogP contribution in [0.4, 0.5) is 4.79 Å². The third-order valence-corrected chi connectivity index (χ3v) is 4.00. The lowest BCUT2D eigenvalue weighted by molar-refractivity contribution is 0.0259. The average molecular weight is 259 g/mol. The van der Waals surface area contributed by atoms with Gasteiger partial charge in [-0.15, -0.1) is 0 Å². The highest BCUT2D eigenvalue weighted by Gasteiger charge is 2.59. The van der Waals surface area contributed by atoms with Gasteiger partial charge in [0.1, 0.15) is 5.60 Å². The highest BCUT2D eigenvalue weighted by Crippen LogP contribution is 2.57. The van der Waals surface area contributed by atoms with E-state index >= 15 is 0 Å². The Balaban J connectivity index is 1.69. The van der Waals surface area contributed by atoms with E-state index < -0.39 is 5.60 Å². The van der Waals surface area contributed by atoms with Crippen molar-refractivity contribution in [1.82, 2.24) is 4.90 Å². The standard InChI is InChI=1S/C16H21NO2/c1-16(2,3)19-15(18)17-10-9-12-13(14(12)17)11-7-5-4-6-8-11/h4-8,12-14H,9-10H2,1-3H3/t12-,13-,14-/m1/s1. The molecule has 2 aliphatic rings. The predicted octanol–water partition coefficient (Wildman–Crippen LogP) is 3.41. The maximum Gasteiger partial charge on any atom is 0.410 e. The van der Waals surface area contributed by atoms with E-state index in [0.29, 0.717) is 17.9 Å². The topological polar surface area (TPSA) is 29.5 Å². The van der Waals surface area contributed by atoms with Crippen molar-refractivity contribution in [2.24, 2.45) is 5.92 Å². The van der Waals surface area contributed by atoms with Crippen LogP contribution < -0.4 is 0 Å². The SMILES string of the molecule is CC(C)(C)OC(=O)N1CC[C@@H]2[C@@H](c3ccccc3)[C@@H]21. The van der Waals surface area contributed by atoms with Crippen LogP contribution in [0.5, 0.6) is 0 Å². The minimum atomic E-state index is -0.410. The number of fused-ring (bicyclic) bond motifs is 1. The van der Waals surface area contributed by atoms with Crippen LogP contribution in [-0.2, 0) is 4.74 Å². The lowest BCUT2D eigenvalue weighted by atomic mass is 10.1. The Morgan fingerprint density at radius 2 is 1.95 bits per heavy atom. The highest BCUT2D eigenvalue weighted by atomic mass is 16.6.